The lowest BCUT2D eigenvalue weighted by Gasteiger charge is -2.40. The highest BCUT2D eigenvalue weighted by Crippen LogP contribution is 2.24. The molecule has 0 radical (unpaired) electrons. The Bertz CT molecular complexity index is 1150. The first-order valence-electron chi connectivity index (χ1n) is 32.4. The van der Waals surface area contributed by atoms with E-state index in [1.807, 2.05) is 0 Å². The molecule has 6 N–H and O–H groups in total. The molecule has 0 aromatic rings. The average Bonchev–Trinajstić information content (AvgIpc) is 3.39. The highest BCUT2D eigenvalue weighted by Gasteiger charge is 2.44. The van der Waals surface area contributed by atoms with E-state index in [0.29, 0.717) is 12.8 Å². The van der Waals surface area contributed by atoms with Gasteiger partial charge in [-0.25, -0.2) is 0 Å². The molecule has 1 fully saturated rings. The quantitative estimate of drug-likeness (QED) is 0.0261. The fourth-order valence-corrected chi connectivity index (χ4v) is 10.7. The third-order valence-corrected chi connectivity index (χ3v) is 15.9. The molecule has 1 rings (SSSR count). The minimum Gasteiger partial charge on any atom is -0.394 e. The number of aliphatic hydroxyl groups excluding tert-OH is 5. The summed E-state index contributed by atoms with van der Waals surface area (Å²) in [5.74, 6) is -0.143. The van der Waals surface area contributed by atoms with Crippen molar-refractivity contribution in [2.24, 2.45) is 0 Å². The van der Waals surface area contributed by atoms with Gasteiger partial charge >= 0.3 is 0 Å². The Balaban J connectivity index is 2.09. The van der Waals surface area contributed by atoms with Gasteiger partial charge in [-0.3, -0.25) is 4.79 Å². The number of ether oxygens (including phenoxy) is 2. The second kappa shape index (κ2) is 54.3. The summed E-state index contributed by atoms with van der Waals surface area (Å²) in [4.78, 5) is 13.1. The summed E-state index contributed by atoms with van der Waals surface area (Å²) >= 11 is 0. The predicted molar refractivity (Wildman–Crippen MR) is 309 cm³/mol. The Labute approximate surface area is 452 Å². The molecule has 1 heterocycles. The zero-order valence-corrected chi connectivity index (χ0v) is 48.4. The molecule has 0 aliphatic carbocycles. The Morgan fingerprint density at radius 1 is 0.452 bits per heavy atom. The number of hydrogen-bond acceptors (Lipinski definition) is 8. The molecule has 0 aromatic heterocycles. The lowest BCUT2D eigenvalue weighted by atomic mass is 9.99. The number of aliphatic hydroxyl groups is 5. The number of amides is 1. The van der Waals surface area contributed by atoms with Crippen molar-refractivity contribution in [1.82, 2.24) is 5.32 Å². The van der Waals surface area contributed by atoms with Crippen LogP contribution in [0.4, 0.5) is 0 Å². The summed E-state index contributed by atoms with van der Waals surface area (Å²) in [5, 5.41) is 54.8. The van der Waals surface area contributed by atoms with E-state index in [1.54, 1.807) is 0 Å². The van der Waals surface area contributed by atoms with Crippen LogP contribution in [0.15, 0.2) is 12.2 Å². The van der Waals surface area contributed by atoms with Crippen molar-refractivity contribution >= 4 is 5.91 Å². The largest absolute Gasteiger partial charge is 0.394 e. The number of nitrogens with one attached hydrogen (secondary N) is 1. The monoisotopic (exact) mass is 1040 g/mol. The first kappa shape index (κ1) is 69.9. The summed E-state index contributed by atoms with van der Waals surface area (Å²) < 4.78 is 11.3. The molecular weight excluding hydrogens is 911 g/mol. The van der Waals surface area contributed by atoms with Gasteiger partial charge in [-0.15, -0.1) is 0 Å². The molecule has 0 aromatic carbocycles. The minimum atomic E-state index is -1.55. The van der Waals surface area contributed by atoms with Gasteiger partial charge in [0.25, 0.3) is 0 Å². The Morgan fingerprint density at radius 3 is 1.11 bits per heavy atom. The van der Waals surface area contributed by atoms with Crippen LogP contribution in [0, 0.1) is 0 Å². The second-order valence-corrected chi connectivity index (χ2v) is 22.9. The van der Waals surface area contributed by atoms with E-state index < -0.39 is 49.5 Å². The molecule has 9 heteroatoms. The van der Waals surface area contributed by atoms with E-state index in [2.05, 4.69) is 31.3 Å². The van der Waals surface area contributed by atoms with Crippen molar-refractivity contribution in [3.05, 3.63) is 12.2 Å². The van der Waals surface area contributed by atoms with Gasteiger partial charge in [0.15, 0.2) is 6.29 Å². The number of carbonyl (C=O) groups is 1. The van der Waals surface area contributed by atoms with Crippen molar-refractivity contribution in [2.75, 3.05) is 13.2 Å². The number of carbonyl (C=O) groups excluding carboxylic acids is 1. The van der Waals surface area contributed by atoms with E-state index in [-0.39, 0.29) is 12.5 Å². The van der Waals surface area contributed by atoms with E-state index in [9.17, 15) is 30.3 Å². The van der Waals surface area contributed by atoms with Gasteiger partial charge in [0.2, 0.25) is 5.91 Å². The standard InChI is InChI=1S/C64H125NO8/c1-3-5-7-9-11-13-15-17-19-21-22-23-24-25-26-27-28-29-30-31-32-33-34-35-36-38-39-41-43-45-47-49-51-53-58(67)57(56-72-64-63(71)62(70)61(69)59(55-66)73-64)65-60(68)54-52-50-48-46-44-42-40-37-20-18-16-14-12-10-8-6-4-2/h18,20,57-59,61-64,66-67,69-71H,3-17,19,21-56H2,1-2H3,(H,65,68)/b20-18-. The third kappa shape index (κ3) is 43.6. The van der Waals surface area contributed by atoms with Crippen LogP contribution in [0.1, 0.15) is 335 Å². The maximum Gasteiger partial charge on any atom is 0.220 e. The van der Waals surface area contributed by atoms with Crippen molar-refractivity contribution in [1.29, 1.82) is 0 Å². The van der Waals surface area contributed by atoms with Gasteiger partial charge in [0, 0.05) is 6.42 Å². The van der Waals surface area contributed by atoms with Crippen molar-refractivity contribution in [3.63, 3.8) is 0 Å². The third-order valence-electron chi connectivity index (χ3n) is 15.9. The van der Waals surface area contributed by atoms with Crippen LogP contribution < -0.4 is 5.32 Å². The molecule has 434 valence electrons. The summed E-state index contributed by atoms with van der Waals surface area (Å²) in [6.45, 7) is 3.88. The average molecular weight is 1040 g/mol. The van der Waals surface area contributed by atoms with Crippen LogP contribution >= 0.6 is 0 Å². The van der Waals surface area contributed by atoms with Crippen molar-refractivity contribution in [3.8, 4) is 0 Å². The Hall–Kier alpha value is -1.07. The van der Waals surface area contributed by atoms with E-state index >= 15 is 0 Å². The highest BCUT2D eigenvalue weighted by atomic mass is 16.7. The SMILES string of the molecule is CCCCCCCC/C=C\CCCCCCCCCC(=O)NC(COC1OC(CO)C(O)C(O)C1O)C(O)CCCCCCCCCCCCCCCCCCCCCCCCCCCCCCCCCCC. The molecule has 73 heavy (non-hydrogen) atoms. The summed E-state index contributed by atoms with van der Waals surface area (Å²) in [6, 6.07) is -0.719. The van der Waals surface area contributed by atoms with Gasteiger partial charge in [0.05, 0.1) is 25.4 Å². The molecule has 0 spiro atoms. The van der Waals surface area contributed by atoms with Crippen molar-refractivity contribution < 1.29 is 39.8 Å². The predicted octanol–water partition coefficient (Wildman–Crippen LogP) is 16.7. The van der Waals surface area contributed by atoms with E-state index in [4.69, 9.17) is 9.47 Å². The Morgan fingerprint density at radius 2 is 0.767 bits per heavy atom. The molecular formula is C64H125NO8. The van der Waals surface area contributed by atoms with Crippen molar-refractivity contribution in [2.45, 2.75) is 378 Å². The fraction of sp³-hybridized carbons (Fsp3) is 0.953. The fourth-order valence-electron chi connectivity index (χ4n) is 10.7. The van der Waals surface area contributed by atoms with Crippen LogP contribution in [-0.4, -0.2) is 87.5 Å². The lowest BCUT2D eigenvalue weighted by Crippen LogP contribution is -2.60. The van der Waals surface area contributed by atoms with Crippen LogP contribution in [-0.2, 0) is 14.3 Å². The van der Waals surface area contributed by atoms with Crippen LogP contribution in [0.2, 0.25) is 0 Å². The normalized spacial score (nSPS) is 19.0. The molecule has 1 aliphatic rings. The molecule has 7 atom stereocenters. The topological polar surface area (TPSA) is 149 Å². The zero-order valence-electron chi connectivity index (χ0n) is 48.4. The summed E-state index contributed by atoms with van der Waals surface area (Å²) in [7, 11) is 0. The molecule has 0 bridgehead atoms. The molecule has 1 saturated heterocycles. The minimum absolute atomic E-state index is 0.135. The maximum atomic E-state index is 13.1. The highest BCUT2D eigenvalue weighted by molar-refractivity contribution is 5.76. The maximum absolute atomic E-state index is 13.1. The molecule has 7 unspecified atom stereocenters. The second-order valence-electron chi connectivity index (χ2n) is 22.9. The van der Waals surface area contributed by atoms with Gasteiger partial charge in [0.1, 0.15) is 24.4 Å². The number of rotatable bonds is 57. The number of unbranched alkanes of at least 4 members (excludes halogenated alkanes) is 45. The molecule has 1 aliphatic heterocycles. The molecule has 0 saturated carbocycles. The number of allylic oxidation sites excluding steroid dienone is 2. The Kier molecular flexibility index (Phi) is 52.0. The van der Waals surface area contributed by atoms with Crippen LogP contribution in [0.25, 0.3) is 0 Å². The van der Waals surface area contributed by atoms with Crippen LogP contribution in [0.3, 0.4) is 0 Å². The van der Waals surface area contributed by atoms with E-state index in [1.165, 1.54) is 270 Å². The zero-order chi connectivity index (χ0) is 52.9. The number of hydrogen-bond donors (Lipinski definition) is 6. The first-order valence-corrected chi connectivity index (χ1v) is 32.4. The smallest absolute Gasteiger partial charge is 0.220 e. The van der Waals surface area contributed by atoms with Gasteiger partial charge in [-0.2, -0.15) is 0 Å². The lowest BCUT2D eigenvalue weighted by molar-refractivity contribution is -0.302. The van der Waals surface area contributed by atoms with Crippen LogP contribution in [0.5, 0.6) is 0 Å². The molecule has 1 amide bonds. The molecule has 9 nitrogen and oxygen atoms in total. The summed E-state index contributed by atoms with van der Waals surface area (Å²) in [5.41, 5.74) is 0. The van der Waals surface area contributed by atoms with E-state index in [0.717, 1.165) is 38.5 Å². The van der Waals surface area contributed by atoms with Gasteiger partial charge in [-0.05, 0) is 38.5 Å². The van der Waals surface area contributed by atoms with Gasteiger partial charge in [-0.1, -0.05) is 302 Å². The summed E-state index contributed by atoms with van der Waals surface area (Å²) in [6.07, 6.45) is 61.3. The first-order chi connectivity index (χ1) is 35.8. The van der Waals surface area contributed by atoms with Gasteiger partial charge < -0.3 is 40.3 Å².